The van der Waals surface area contributed by atoms with E-state index in [2.05, 4.69) is 20.6 Å². The van der Waals surface area contributed by atoms with Crippen LogP contribution in [0.3, 0.4) is 0 Å². The number of aromatic nitrogens is 2. The number of hydrogen-bond acceptors (Lipinski definition) is 8. The molecule has 3 aromatic heterocycles. The van der Waals surface area contributed by atoms with Gasteiger partial charge in [0.25, 0.3) is 11.6 Å². The molecular weight excluding hydrogens is 482 g/mol. The van der Waals surface area contributed by atoms with E-state index >= 15 is 0 Å². The zero-order chi connectivity index (χ0) is 25.2. The number of fused-ring (bicyclic) bond motifs is 1. The van der Waals surface area contributed by atoms with Gasteiger partial charge in [0.2, 0.25) is 5.89 Å². The van der Waals surface area contributed by atoms with Crippen molar-refractivity contribution in [1.29, 1.82) is 0 Å². The number of benzene rings is 2. The number of oxazole rings is 1. The van der Waals surface area contributed by atoms with Gasteiger partial charge < -0.3 is 14.2 Å². The van der Waals surface area contributed by atoms with Crippen LogP contribution in [-0.2, 0) is 0 Å². The van der Waals surface area contributed by atoms with Gasteiger partial charge in [0.15, 0.2) is 22.1 Å². The SMILES string of the molecule is Cc1ccc(-c2nc3ncccc3o2)cc1NC(=S)NC(=O)c1ccc(-c2cccc([N+](=O)[O-])c2)o1. The number of thiocarbonyl (C=S) groups is 1. The third kappa shape index (κ3) is 4.68. The maximum Gasteiger partial charge on any atom is 0.293 e. The van der Waals surface area contributed by atoms with Crippen LogP contribution in [0.15, 0.2) is 81.8 Å². The summed E-state index contributed by atoms with van der Waals surface area (Å²) < 4.78 is 11.4. The number of carbonyl (C=O) groups excluding carboxylic acids is 1. The van der Waals surface area contributed by atoms with Gasteiger partial charge >= 0.3 is 0 Å². The summed E-state index contributed by atoms with van der Waals surface area (Å²) >= 11 is 5.32. The highest BCUT2D eigenvalue weighted by Gasteiger charge is 2.16. The lowest BCUT2D eigenvalue weighted by Gasteiger charge is -2.12. The molecule has 0 saturated heterocycles. The van der Waals surface area contributed by atoms with Gasteiger partial charge in [-0.1, -0.05) is 18.2 Å². The number of hydrogen-bond donors (Lipinski definition) is 2. The van der Waals surface area contributed by atoms with Crippen molar-refractivity contribution in [3.63, 3.8) is 0 Å². The number of aryl methyl sites for hydroxylation is 1. The molecule has 0 aliphatic carbocycles. The van der Waals surface area contributed by atoms with Crippen molar-refractivity contribution in [2.24, 2.45) is 0 Å². The van der Waals surface area contributed by atoms with E-state index < -0.39 is 10.8 Å². The Morgan fingerprint density at radius 3 is 2.69 bits per heavy atom. The molecule has 0 bridgehead atoms. The molecule has 0 fully saturated rings. The Labute approximate surface area is 209 Å². The summed E-state index contributed by atoms with van der Waals surface area (Å²) in [5, 5.41) is 16.7. The van der Waals surface area contributed by atoms with Gasteiger partial charge in [0.05, 0.1) is 4.92 Å². The number of nitro groups is 1. The minimum absolute atomic E-state index is 0.00473. The van der Waals surface area contributed by atoms with Gasteiger partial charge in [0.1, 0.15) is 5.76 Å². The lowest BCUT2D eigenvalue weighted by molar-refractivity contribution is -0.384. The van der Waals surface area contributed by atoms with E-state index in [-0.39, 0.29) is 16.6 Å². The predicted octanol–water partition coefficient (Wildman–Crippen LogP) is 5.49. The van der Waals surface area contributed by atoms with Gasteiger partial charge in [0, 0.05) is 35.1 Å². The summed E-state index contributed by atoms with van der Waals surface area (Å²) in [5.41, 5.74) is 3.74. The van der Waals surface area contributed by atoms with E-state index in [1.54, 1.807) is 36.5 Å². The fourth-order valence-electron chi connectivity index (χ4n) is 3.49. The topological polar surface area (TPSA) is 136 Å². The lowest BCUT2D eigenvalue weighted by Crippen LogP contribution is -2.34. The van der Waals surface area contributed by atoms with Crippen molar-refractivity contribution in [3.05, 3.63) is 94.4 Å². The van der Waals surface area contributed by atoms with E-state index in [1.165, 1.54) is 18.2 Å². The molecule has 2 N–H and O–H groups in total. The van der Waals surface area contributed by atoms with Gasteiger partial charge in [-0.3, -0.25) is 20.2 Å². The molecule has 0 spiro atoms. The second-order valence-corrected chi connectivity index (χ2v) is 8.16. The average molecular weight is 500 g/mol. The number of amides is 1. The molecule has 0 saturated carbocycles. The van der Waals surface area contributed by atoms with Crippen molar-refractivity contribution < 1.29 is 18.6 Å². The van der Waals surface area contributed by atoms with Crippen LogP contribution in [0.25, 0.3) is 34.0 Å². The summed E-state index contributed by atoms with van der Waals surface area (Å²) in [6.45, 7) is 1.89. The van der Waals surface area contributed by atoms with Crippen molar-refractivity contribution in [1.82, 2.24) is 15.3 Å². The minimum atomic E-state index is -0.567. The summed E-state index contributed by atoms with van der Waals surface area (Å²) in [4.78, 5) is 31.8. The highest BCUT2D eigenvalue weighted by molar-refractivity contribution is 7.80. The minimum Gasteiger partial charge on any atom is -0.451 e. The van der Waals surface area contributed by atoms with Crippen LogP contribution < -0.4 is 10.6 Å². The van der Waals surface area contributed by atoms with Crippen molar-refractivity contribution >= 4 is 45.8 Å². The molecule has 0 atom stereocenters. The van der Waals surface area contributed by atoms with Crippen LogP contribution in [0.5, 0.6) is 0 Å². The van der Waals surface area contributed by atoms with Gasteiger partial charge in [-0.05, 0) is 61.1 Å². The van der Waals surface area contributed by atoms with Crippen LogP contribution in [0.1, 0.15) is 16.1 Å². The molecule has 5 rings (SSSR count). The Morgan fingerprint density at radius 2 is 1.89 bits per heavy atom. The number of carbonyl (C=O) groups is 1. The maximum atomic E-state index is 12.7. The Hall–Kier alpha value is -4.90. The van der Waals surface area contributed by atoms with Crippen LogP contribution >= 0.6 is 12.2 Å². The third-order valence-electron chi connectivity index (χ3n) is 5.30. The summed E-state index contributed by atoms with van der Waals surface area (Å²) in [5.74, 6) is 0.165. The monoisotopic (exact) mass is 499 g/mol. The molecule has 1 amide bonds. The highest BCUT2D eigenvalue weighted by atomic mass is 32.1. The van der Waals surface area contributed by atoms with Gasteiger partial charge in [-0.2, -0.15) is 4.98 Å². The summed E-state index contributed by atoms with van der Waals surface area (Å²) in [6, 6.07) is 18.1. The van der Waals surface area contributed by atoms with Crippen molar-refractivity contribution in [3.8, 4) is 22.8 Å². The third-order valence-corrected chi connectivity index (χ3v) is 5.50. The number of nitrogens with one attached hydrogen (secondary N) is 2. The molecule has 2 aromatic carbocycles. The first-order valence-corrected chi connectivity index (χ1v) is 11.1. The molecule has 0 unspecified atom stereocenters. The fraction of sp³-hybridized carbons (Fsp3) is 0.0400. The summed E-state index contributed by atoms with van der Waals surface area (Å²) in [6.07, 6.45) is 1.64. The number of furan rings is 1. The molecule has 10 nitrogen and oxygen atoms in total. The van der Waals surface area contributed by atoms with Gasteiger partial charge in [-0.25, -0.2) is 4.98 Å². The second kappa shape index (κ2) is 9.39. The van der Waals surface area contributed by atoms with E-state index in [1.807, 2.05) is 25.1 Å². The molecular formula is C25H17N5O5S. The summed E-state index contributed by atoms with van der Waals surface area (Å²) in [7, 11) is 0. The smallest absolute Gasteiger partial charge is 0.293 e. The first-order chi connectivity index (χ1) is 17.4. The maximum absolute atomic E-state index is 12.7. The number of nitro benzene ring substituents is 1. The van der Waals surface area contributed by atoms with Gasteiger partial charge in [-0.15, -0.1) is 0 Å². The molecule has 0 aliphatic rings. The highest BCUT2D eigenvalue weighted by Crippen LogP contribution is 2.28. The van der Waals surface area contributed by atoms with Crippen molar-refractivity contribution in [2.45, 2.75) is 6.92 Å². The second-order valence-electron chi connectivity index (χ2n) is 7.75. The Bertz CT molecular complexity index is 1610. The number of non-ortho nitro benzene ring substituents is 1. The first-order valence-electron chi connectivity index (χ1n) is 10.7. The zero-order valence-electron chi connectivity index (χ0n) is 18.7. The van der Waals surface area contributed by atoms with Crippen LogP contribution in [0, 0.1) is 17.0 Å². The number of anilines is 1. The molecule has 0 aliphatic heterocycles. The molecule has 3 heterocycles. The molecule has 0 radical (unpaired) electrons. The number of nitrogens with zero attached hydrogens (tertiary/aromatic N) is 3. The van der Waals surface area contributed by atoms with E-state index in [0.29, 0.717) is 39.7 Å². The largest absolute Gasteiger partial charge is 0.451 e. The lowest BCUT2D eigenvalue weighted by atomic mass is 10.1. The van der Waals surface area contributed by atoms with Crippen LogP contribution in [-0.4, -0.2) is 25.9 Å². The van der Waals surface area contributed by atoms with E-state index in [9.17, 15) is 14.9 Å². The standard InChI is InChI=1S/C25H17N5O5S/c1-14-7-8-16(24-28-22-20(35-24)6-3-11-26-22)13-18(14)27-25(36)29-23(31)21-10-9-19(34-21)15-4-2-5-17(12-15)30(32)33/h2-13H,1H3,(H2,27,29,31,36). The number of pyridine rings is 1. The number of rotatable bonds is 5. The van der Waals surface area contributed by atoms with Crippen LogP contribution in [0.2, 0.25) is 0 Å². The predicted molar refractivity (Wildman–Crippen MR) is 136 cm³/mol. The Kier molecular flexibility index (Phi) is 5.97. The molecule has 178 valence electrons. The van der Waals surface area contributed by atoms with Crippen LogP contribution in [0.4, 0.5) is 11.4 Å². The zero-order valence-corrected chi connectivity index (χ0v) is 19.5. The Balaban J connectivity index is 1.29. The van der Waals surface area contributed by atoms with Crippen molar-refractivity contribution in [2.75, 3.05) is 5.32 Å². The van der Waals surface area contributed by atoms with E-state index in [0.717, 1.165) is 5.56 Å². The fourth-order valence-corrected chi connectivity index (χ4v) is 3.69. The molecule has 5 aromatic rings. The Morgan fingerprint density at radius 1 is 1.03 bits per heavy atom. The quantitative estimate of drug-likeness (QED) is 0.183. The van der Waals surface area contributed by atoms with E-state index in [4.69, 9.17) is 21.1 Å². The molecule has 11 heteroatoms. The normalized spacial score (nSPS) is 10.8. The average Bonchev–Trinajstić information content (AvgIpc) is 3.53. The molecule has 36 heavy (non-hydrogen) atoms. The first kappa shape index (κ1) is 22.9.